The topological polar surface area (TPSA) is 80.6 Å². The Balaban J connectivity index is 1.58. The van der Waals surface area contributed by atoms with Gasteiger partial charge in [0.15, 0.2) is 0 Å². The maximum absolute atomic E-state index is 14.0. The molecule has 27 heavy (non-hydrogen) atoms. The molecule has 5 nitrogen and oxygen atoms in total. The summed E-state index contributed by atoms with van der Waals surface area (Å²) in [6, 6.07) is -0.100. The largest absolute Gasteiger partial charge is 0.633 e. The molecule has 5 heteroatoms. The number of Topliss-reactive ketones (excluding diaryl/α,β-unsaturated/α-hetero) is 1. The molecule has 6 aliphatic carbocycles. The lowest BCUT2D eigenvalue weighted by atomic mass is 9.24. The van der Waals surface area contributed by atoms with E-state index in [0.29, 0.717) is 37.4 Å². The molecule has 0 aromatic heterocycles. The van der Waals surface area contributed by atoms with E-state index in [9.17, 15) is 20.2 Å². The average molecular weight is 373 g/mol. The molecule has 0 aromatic carbocycles. The van der Waals surface area contributed by atoms with Gasteiger partial charge < -0.3 is 20.1 Å². The van der Waals surface area contributed by atoms with Crippen LogP contribution in [0.3, 0.4) is 0 Å². The Morgan fingerprint density at radius 2 is 2.07 bits per heavy atom. The summed E-state index contributed by atoms with van der Waals surface area (Å²) in [4.78, 5) is 13.0. The predicted molar refractivity (Wildman–Crippen MR) is 99.0 cm³/mol. The van der Waals surface area contributed by atoms with Gasteiger partial charge in [-0.1, -0.05) is 13.5 Å². The summed E-state index contributed by atoms with van der Waals surface area (Å²) in [6.07, 6.45) is 2.38. The number of likely N-dealkylation sites (tertiary alicyclic amines) is 1. The molecule has 1 saturated heterocycles. The predicted octanol–water partition coefficient (Wildman–Crippen LogP) is 2.01. The number of aliphatic hydroxyl groups excluding tert-OH is 2. The van der Waals surface area contributed by atoms with Crippen molar-refractivity contribution in [2.24, 2.45) is 39.9 Å². The molecule has 148 valence electrons. The molecule has 6 saturated carbocycles. The Morgan fingerprint density at radius 3 is 2.78 bits per heavy atom. The Hall–Kier alpha value is -0.750. The second-order valence-electron chi connectivity index (χ2n) is 11.1. The van der Waals surface area contributed by atoms with Crippen molar-refractivity contribution in [2.75, 3.05) is 13.1 Å². The van der Waals surface area contributed by atoms with Crippen LogP contribution in [0.2, 0.25) is 0 Å². The monoisotopic (exact) mass is 373 g/mol. The number of carbonyl (C=O) groups excluding carboxylic acids is 1. The van der Waals surface area contributed by atoms with E-state index in [1.54, 1.807) is 0 Å². The van der Waals surface area contributed by atoms with E-state index in [4.69, 9.17) is 0 Å². The van der Waals surface area contributed by atoms with E-state index in [2.05, 4.69) is 13.5 Å². The van der Waals surface area contributed by atoms with Crippen molar-refractivity contribution >= 4 is 5.78 Å². The van der Waals surface area contributed by atoms with Crippen LogP contribution < -0.4 is 0 Å². The summed E-state index contributed by atoms with van der Waals surface area (Å²) in [7, 11) is 0. The number of ketones is 1. The summed E-state index contributed by atoms with van der Waals surface area (Å²) >= 11 is 0. The SMILES string of the molecule is C=C1[C@H]2C[C@@]3(C[C@H]4[C@@H]5[C@@]6(C)CC[C@H](O)[C@]5([C@@H]3CC2=O)[C@H]4[N@+]([O-])(CC)C6)[C@@H]1O. The van der Waals surface area contributed by atoms with Gasteiger partial charge in [0.05, 0.1) is 30.7 Å². The van der Waals surface area contributed by atoms with Gasteiger partial charge >= 0.3 is 0 Å². The molecule has 7 fully saturated rings. The van der Waals surface area contributed by atoms with Crippen LogP contribution in [0.1, 0.15) is 46.0 Å². The molecule has 0 aromatic rings. The van der Waals surface area contributed by atoms with Crippen LogP contribution in [0.5, 0.6) is 0 Å². The lowest BCUT2D eigenvalue weighted by Crippen LogP contribution is -2.91. The molecule has 7 rings (SSSR count). The highest BCUT2D eigenvalue weighted by atomic mass is 16.5. The highest BCUT2D eigenvalue weighted by Gasteiger charge is 2.88. The van der Waals surface area contributed by atoms with E-state index in [1.807, 2.05) is 6.92 Å². The van der Waals surface area contributed by atoms with Gasteiger partial charge in [0.2, 0.25) is 0 Å². The first-order chi connectivity index (χ1) is 12.7. The second kappa shape index (κ2) is 4.53. The number of rotatable bonds is 1. The molecule has 2 spiro atoms. The first-order valence-electron chi connectivity index (χ1n) is 10.8. The minimum Gasteiger partial charge on any atom is -0.633 e. The number of fused-ring (bicyclic) bond motifs is 1. The van der Waals surface area contributed by atoms with E-state index < -0.39 is 17.6 Å². The minimum absolute atomic E-state index is 0.0571. The second-order valence-corrected chi connectivity index (χ2v) is 11.1. The van der Waals surface area contributed by atoms with Crippen LogP contribution >= 0.6 is 0 Å². The molecule has 1 heterocycles. The normalized spacial score (nSPS) is 65.6. The third kappa shape index (κ3) is 1.47. The Labute approximate surface area is 160 Å². The van der Waals surface area contributed by atoms with Crippen LogP contribution in [0.25, 0.3) is 0 Å². The lowest BCUT2D eigenvalue weighted by Gasteiger charge is -2.85. The van der Waals surface area contributed by atoms with Crippen molar-refractivity contribution in [3.05, 3.63) is 17.4 Å². The standard InChI is InChI=1S/C22H31NO4/c1-4-23(27)10-20(3)6-5-16(25)22-15-7-14(24)12-8-21(15,19(26)11(12)2)9-13(17(20)22)18(22)23/h12-13,15-19,25-26H,2,4-10H2,1,3H3/t12-,13+,15-,16+,17-,18+,19-,20+,21+,22+,23+/m1/s1. The minimum atomic E-state index is -0.657. The zero-order chi connectivity index (χ0) is 19.1. The zero-order valence-corrected chi connectivity index (χ0v) is 16.4. The fraction of sp³-hybridized carbons (Fsp3) is 0.864. The van der Waals surface area contributed by atoms with Crippen molar-refractivity contribution < 1.29 is 19.7 Å². The third-order valence-corrected chi connectivity index (χ3v) is 10.5. The summed E-state index contributed by atoms with van der Waals surface area (Å²) < 4.78 is -0.212. The van der Waals surface area contributed by atoms with Gasteiger partial charge in [0.1, 0.15) is 11.8 Å². The molecular formula is C22H31NO4. The molecule has 2 N–H and O–H groups in total. The number of hydroxylamine groups is 3. The summed E-state index contributed by atoms with van der Waals surface area (Å²) in [5, 5.41) is 36.6. The van der Waals surface area contributed by atoms with Crippen molar-refractivity contribution in [1.82, 2.24) is 0 Å². The molecule has 7 aliphatic rings. The van der Waals surface area contributed by atoms with Crippen molar-refractivity contribution in [2.45, 2.75) is 64.2 Å². The molecule has 1 aliphatic heterocycles. The highest BCUT2D eigenvalue weighted by molar-refractivity contribution is 5.87. The molecule has 0 amide bonds. The number of quaternary nitrogens is 1. The molecular weight excluding hydrogens is 342 g/mol. The van der Waals surface area contributed by atoms with Gasteiger partial charge in [0, 0.05) is 29.1 Å². The number of carbonyl (C=O) groups is 1. The van der Waals surface area contributed by atoms with Crippen LogP contribution in [-0.2, 0) is 4.79 Å². The van der Waals surface area contributed by atoms with Gasteiger partial charge in [-0.05, 0) is 50.0 Å². The van der Waals surface area contributed by atoms with Gasteiger partial charge in [-0.2, -0.15) is 0 Å². The number of aliphatic hydroxyl groups is 2. The smallest absolute Gasteiger partial charge is 0.140 e. The summed E-state index contributed by atoms with van der Waals surface area (Å²) in [5.74, 6) is 0.481. The van der Waals surface area contributed by atoms with E-state index in [1.165, 1.54) is 0 Å². The van der Waals surface area contributed by atoms with Crippen LogP contribution in [0.15, 0.2) is 12.2 Å². The number of nitrogens with zero attached hydrogens (tertiary/aromatic N) is 1. The molecule has 0 unspecified atom stereocenters. The number of hydrogen-bond donors (Lipinski definition) is 2. The number of piperidine rings is 2. The third-order valence-electron chi connectivity index (χ3n) is 10.5. The van der Waals surface area contributed by atoms with Gasteiger partial charge in [0.25, 0.3) is 0 Å². The summed E-state index contributed by atoms with van der Waals surface area (Å²) in [5.41, 5.74) is -0.198. The molecule has 11 atom stereocenters. The Kier molecular flexibility index (Phi) is 2.88. The highest BCUT2D eigenvalue weighted by Crippen LogP contribution is 2.83. The van der Waals surface area contributed by atoms with Crippen LogP contribution in [0.4, 0.5) is 0 Å². The Bertz CT molecular complexity index is 780. The maximum atomic E-state index is 14.0. The first kappa shape index (κ1) is 17.1. The zero-order valence-electron chi connectivity index (χ0n) is 16.4. The fourth-order valence-corrected chi connectivity index (χ4v) is 10.1. The number of hydrogen-bond acceptors (Lipinski definition) is 4. The van der Waals surface area contributed by atoms with Crippen LogP contribution in [0, 0.1) is 45.1 Å². The maximum Gasteiger partial charge on any atom is 0.140 e. The van der Waals surface area contributed by atoms with Crippen molar-refractivity contribution in [3.8, 4) is 0 Å². The van der Waals surface area contributed by atoms with Crippen LogP contribution in [-0.4, -0.2) is 52.0 Å². The lowest BCUT2D eigenvalue weighted by molar-refractivity contribution is -0.956. The fourth-order valence-electron chi connectivity index (χ4n) is 10.1. The van der Waals surface area contributed by atoms with Crippen molar-refractivity contribution in [1.29, 1.82) is 0 Å². The molecule has 0 radical (unpaired) electrons. The first-order valence-corrected chi connectivity index (χ1v) is 10.8. The van der Waals surface area contributed by atoms with Gasteiger partial charge in [-0.3, -0.25) is 4.79 Å². The quantitative estimate of drug-likeness (QED) is 0.419. The molecule has 7 bridgehead atoms. The van der Waals surface area contributed by atoms with Crippen molar-refractivity contribution in [3.63, 3.8) is 0 Å². The Morgan fingerprint density at radius 1 is 1.33 bits per heavy atom. The van der Waals surface area contributed by atoms with E-state index in [0.717, 1.165) is 19.3 Å². The van der Waals surface area contributed by atoms with E-state index in [-0.39, 0.29) is 45.1 Å². The van der Waals surface area contributed by atoms with Gasteiger partial charge in [-0.25, -0.2) is 0 Å². The average Bonchev–Trinajstić information content (AvgIpc) is 2.81. The summed E-state index contributed by atoms with van der Waals surface area (Å²) in [6.45, 7) is 9.50. The van der Waals surface area contributed by atoms with Gasteiger partial charge in [-0.15, -0.1) is 0 Å². The van der Waals surface area contributed by atoms with E-state index >= 15 is 0 Å².